The molecule has 6 heteroatoms. The van der Waals surface area contributed by atoms with E-state index in [-0.39, 0.29) is 10.9 Å². The summed E-state index contributed by atoms with van der Waals surface area (Å²) in [7, 11) is -2.00. The van der Waals surface area contributed by atoms with Crippen LogP contribution < -0.4 is 5.32 Å². The van der Waals surface area contributed by atoms with Gasteiger partial charge in [0.2, 0.25) is 0 Å². The topological polar surface area (TPSA) is 46.2 Å². The molecule has 3 nitrogen and oxygen atoms in total. The van der Waals surface area contributed by atoms with Crippen LogP contribution in [0.5, 0.6) is 0 Å². The van der Waals surface area contributed by atoms with Crippen LogP contribution in [-0.2, 0) is 9.84 Å². The minimum atomic E-state index is -3.67. The fraction of sp³-hybridized carbons (Fsp3) is 0.500. The van der Waals surface area contributed by atoms with E-state index >= 15 is 0 Å². The van der Waals surface area contributed by atoms with Crippen molar-refractivity contribution in [3.05, 3.63) is 29.8 Å². The standard InChI is InChI=1S/C12H17F2NO2S/c1-4-12(15-3)8(2)18(16,17)9-5-6-10(13)11(14)7-9/h5-8,12,15H,4H2,1-3H3. The molecule has 0 saturated carbocycles. The Morgan fingerprint density at radius 3 is 2.33 bits per heavy atom. The number of rotatable bonds is 5. The summed E-state index contributed by atoms with van der Waals surface area (Å²) in [6, 6.07) is 2.41. The van der Waals surface area contributed by atoms with Crippen molar-refractivity contribution in [2.75, 3.05) is 7.05 Å². The Bertz CT molecular complexity index is 513. The first-order valence-electron chi connectivity index (χ1n) is 5.70. The average Bonchev–Trinajstić information content (AvgIpc) is 2.33. The highest BCUT2D eigenvalue weighted by Gasteiger charge is 2.29. The number of sulfone groups is 1. The third-order valence-electron chi connectivity index (χ3n) is 3.09. The van der Waals surface area contributed by atoms with Crippen LogP contribution >= 0.6 is 0 Å². The van der Waals surface area contributed by atoms with Crippen LogP contribution in [0, 0.1) is 11.6 Å². The molecule has 0 bridgehead atoms. The normalized spacial score (nSPS) is 15.4. The van der Waals surface area contributed by atoms with E-state index in [4.69, 9.17) is 0 Å². The van der Waals surface area contributed by atoms with E-state index in [0.29, 0.717) is 6.42 Å². The monoisotopic (exact) mass is 277 g/mol. The first kappa shape index (κ1) is 15.0. The van der Waals surface area contributed by atoms with Crippen LogP contribution in [0.2, 0.25) is 0 Å². The van der Waals surface area contributed by atoms with E-state index < -0.39 is 26.7 Å². The van der Waals surface area contributed by atoms with Gasteiger partial charge < -0.3 is 5.32 Å². The quantitative estimate of drug-likeness (QED) is 0.839. The minimum absolute atomic E-state index is 0.192. The van der Waals surface area contributed by atoms with Gasteiger partial charge in [0.25, 0.3) is 0 Å². The van der Waals surface area contributed by atoms with Crippen molar-refractivity contribution >= 4 is 9.84 Å². The largest absolute Gasteiger partial charge is 0.316 e. The van der Waals surface area contributed by atoms with E-state index in [1.54, 1.807) is 14.0 Å². The van der Waals surface area contributed by atoms with Gasteiger partial charge in [0.15, 0.2) is 21.5 Å². The first-order valence-corrected chi connectivity index (χ1v) is 7.25. The number of benzene rings is 1. The molecule has 18 heavy (non-hydrogen) atoms. The predicted molar refractivity (Wildman–Crippen MR) is 66.1 cm³/mol. The summed E-state index contributed by atoms with van der Waals surface area (Å²) in [6.07, 6.45) is 0.626. The summed E-state index contributed by atoms with van der Waals surface area (Å²) in [4.78, 5) is -0.192. The number of nitrogens with one attached hydrogen (secondary N) is 1. The molecule has 1 aromatic rings. The Morgan fingerprint density at radius 1 is 1.28 bits per heavy atom. The molecule has 0 spiro atoms. The molecule has 0 amide bonds. The summed E-state index contributed by atoms with van der Waals surface area (Å²) >= 11 is 0. The Labute approximate surface area is 106 Å². The molecular weight excluding hydrogens is 260 g/mol. The van der Waals surface area contributed by atoms with Crippen molar-refractivity contribution in [2.24, 2.45) is 0 Å². The molecule has 2 atom stereocenters. The lowest BCUT2D eigenvalue weighted by atomic mass is 10.2. The van der Waals surface area contributed by atoms with Gasteiger partial charge >= 0.3 is 0 Å². The SMILES string of the molecule is CCC(NC)C(C)S(=O)(=O)c1ccc(F)c(F)c1. The zero-order valence-corrected chi connectivity index (χ0v) is 11.4. The molecule has 0 aromatic heterocycles. The zero-order valence-electron chi connectivity index (χ0n) is 10.6. The van der Waals surface area contributed by atoms with Gasteiger partial charge in [0.05, 0.1) is 10.1 Å². The first-order chi connectivity index (χ1) is 8.34. The third-order valence-corrected chi connectivity index (χ3v) is 5.30. The van der Waals surface area contributed by atoms with Gasteiger partial charge in [-0.05, 0) is 38.6 Å². The van der Waals surface area contributed by atoms with Crippen molar-refractivity contribution in [3.63, 3.8) is 0 Å². The Kier molecular flexibility index (Phi) is 4.81. The lowest BCUT2D eigenvalue weighted by molar-refractivity contribution is 0.496. The predicted octanol–water partition coefficient (Wildman–Crippen LogP) is 2.12. The Hall–Kier alpha value is -1.01. The molecule has 1 aromatic carbocycles. The maximum Gasteiger partial charge on any atom is 0.182 e. The maximum absolute atomic E-state index is 13.1. The number of halogens is 2. The third kappa shape index (κ3) is 2.87. The van der Waals surface area contributed by atoms with Crippen LogP contribution in [0.4, 0.5) is 8.78 Å². The summed E-state index contributed by atoms with van der Waals surface area (Å²) in [5.41, 5.74) is 0. The fourth-order valence-electron chi connectivity index (χ4n) is 1.86. The minimum Gasteiger partial charge on any atom is -0.316 e. The molecule has 0 aliphatic carbocycles. The van der Waals surface area contributed by atoms with E-state index in [1.807, 2.05) is 6.92 Å². The number of hydrogen-bond acceptors (Lipinski definition) is 3. The molecule has 0 saturated heterocycles. The molecular formula is C12H17F2NO2S. The van der Waals surface area contributed by atoms with Crippen molar-refractivity contribution in [3.8, 4) is 0 Å². The highest BCUT2D eigenvalue weighted by molar-refractivity contribution is 7.92. The van der Waals surface area contributed by atoms with Crippen LogP contribution in [0.25, 0.3) is 0 Å². The van der Waals surface area contributed by atoms with Gasteiger partial charge in [-0.3, -0.25) is 0 Å². The van der Waals surface area contributed by atoms with Gasteiger partial charge in [-0.25, -0.2) is 17.2 Å². The van der Waals surface area contributed by atoms with Gasteiger partial charge in [0, 0.05) is 6.04 Å². The van der Waals surface area contributed by atoms with Crippen molar-refractivity contribution in [1.29, 1.82) is 0 Å². The van der Waals surface area contributed by atoms with Crippen LogP contribution in [0.1, 0.15) is 20.3 Å². The highest BCUT2D eigenvalue weighted by atomic mass is 32.2. The second kappa shape index (κ2) is 5.75. The van der Waals surface area contributed by atoms with E-state index in [0.717, 1.165) is 18.2 Å². The zero-order chi connectivity index (χ0) is 13.9. The molecule has 0 heterocycles. The van der Waals surface area contributed by atoms with E-state index in [1.165, 1.54) is 0 Å². The summed E-state index contributed by atoms with van der Waals surface area (Å²) < 4.78 is 50.3. The smallest absolute Gasteiger partial charge is 0.182 e. The molecule has 0 aliphatic heterocycles. The Morgan fingerprint density at radius 2 is 1.89 bits per heavy atom. The molecule has 1 rings (SSSR count). The molecule has 0 radical (unpaired) electrons. The summed E-state index contributed by atoms with van der Waals surface area (Å²) in [5, 5.41) is 2.20. The maximum atomic E-state index is 13.1. The molecule has 0 fully saturated rings. The van der Waals surface area contributed by atoms with E-state index in [2.05, 4.69) is 5.32 Å². The summed E-state index contributed by atoms with van der Waals surface area (Å²) in [5.74, 6) is -2.21. The van der Waals surface area contributed by atoms with Crippen LogP contribution in [0.15, 0.2) is 23.1 Å². The van der Waals surface area contributed by atoms with Crippen molar-refractivity contribution in [1.82, 2.24) is 5.32 Å². The lowest BCUT2D eigenvalue weighted by Crippen LogP contribution is -2.40. The van der Waals surface area contributed by atoms with E-state index in [9.17, 15) is 17.2 Å². The molecule has 102 valence electrons. The lowest BCUT2D eigenvalue weighted by Gasteiger charge is -2.22. The molecule has 1 N–H and O–H groups in total. The molecule has 2 unspecified atom stereocenters. The van der Waals surface area contributed by atoms with Crippen molar-refractivity contribution < 1.29 is 17.2 Å². The highest BCUT2D eigenvalue weighted by Crippen LogP contribution is 2.21. The van der Waals surface area contributed by atoms with Crippen LogP contribution in [0.3, 0.4) is 0 Å². The summed E-state index contributed by atoms with van der Waals surface area (Å²) in [6.45, 7) is 3.42. The van der Waals surface area contributed by atoms with Crippen molar-refractivity contribution in [2.45, 2.75) is 36.5 Å². The van der Waals surface area contributed by atoms with Crippen LogP contribution in [-0.4, -0.2) is 26.8 Å². The van der Waals surface area contributed by atoms with Gasteiger partial charge in [-0.2, -0.15) is 0 Å². The average molecular weight is 277 g/mol. The van der Waals surface area contributed by atoms with Gasteiger partial charge in [0.1, 0.15) is 0 Å². The number of hydrogen-bond donors (Lipinski definition) is 1. The molecule has 0 aliphatic rings. The fourth-order valence-corrected chi connectivity index (χ4v) is 3.57. The van der Waals surface area contributed by atoms with Gasteiger partial charge in [-0.15, -0.1) is 0 Å². The Balaban J connectivity index is 3.16. The second-order valence-electron chi connectivity index (χ2n) is 4.13. The van der Waals surface area contributed by atoms with Gasteiger partial charge in [-0.1, -0.05) is 6.92 Å². The second-order valence-corrected chi connectivity index (χ2v) is 6.43.